The maximum absolute atomic E-state index is 12.9. The summed E-state index contributed by atoms with van der Waals surface area (Å²) in [5.74, 6) is -1.57. The number of hydrogen-bond donors (Lipinski definition) is 2. The lowest BCUT2D eigenvalue weighted by Crippen LogP contribution is -2.54. The van der Waals surface area contributed by atoms with Gasteiger partial charge in [0.05, 0.1) is 12.0 Å². The lowest BCUT2D eigenvalue weighted by atomic mass is 10.0. The average molecular weight is 457 g/mol. The Morgan fingerprint density at radius 1 is 0.970 bits per heavy atom. The molecule has 33 heavy (non-hydrogen) atoms. The Hall–Kier alpha value is -3.95. The minimum absolute atomic E-state index is 0.0457. The normalized spacial score (nSPS) is 12.4. The molecule has 2 amide bonds. The van der Waals surface area contributed by atoms with Gasteiger partial charge in [0.2, 0.25) is 5.91 Å². The third-order valence-electron chi connectivity index (χ3n) is 4.82. The van der Waals surface area contributed by atoms with Crippen LogP contribution >= 0.6 is 0 Å². The van der Waals surface area contributed by atoms with Crippen LogP contribution in [-0.4, -0.2) is 42.1 Å². The predicted octanol–water partition coefficient (Wildman–Crippen LogP) is 2.75. The van der Waals surface area contributed by atoms with Gasteiger partial charge in [0.1, 0.15) is 18.7 Å². The summed E-state index contributed by atoms with van der Waals surface area (Å²) in [7, 11) is 1.19. The van der Waals surface area contributed by atoms with Gasteiger partial charge in [-0.05, 0) is 17.0 Å². The van der Waals surface area contributed by atoms with Gasteiger partial charge in [0, 0.05) is 18.6 Å². The fraction of sp³-hybridized carbons (Fsp3) is 0.348. The molecular weight excluding hydrogens is 430 g/mol. The first kappa shape index (κ1) is 25.3. The second kappa shape index (κ2) is 12.2. The highest BCUT2D eigenvalue weighted by Crippen LogP contribution is 2.14. The number of carbonyl (C=O) groups is 3. The Balaban J connectivity index is 2.03. The van der Waals surface area contributed by atoms with Gasteiger partial charge >= 0.3 is 12.1 Å². The van der Waals surface area contributed by atoms with E-state index in [0.717, 1.165) is 5.56 Å². The standard InChI is InChI=1S/C23H27N3O7/c1-15(2)20(25-23(29)33-14-17-7-5-4-6-8-17)21(27)24-19(22(28)32-3)13-16-9-11-18(12-10-16)26(30)31/h4-12,15,19-20H,13-14H2,1-3H3,(H,24,27)(H,25,29)/t19-,20+/m1/s1. The highest BCUT2D eigenvalue weighted by atomic mass is 16.6. The number of amides is 2. The Bertz CT molecular complexity index is 962. The Morgan fingerprint density at radius 2 is 1.61 bits per heavy atom. The number of hydrogen-bond acceptors (Lipinski definition) is 7. The summed E-state index contributed by atoms with van der Waals surface area (Å²) in [5.41, 5.74) is 1.30. The van der Waals surface area contributed by atoms with Gasteiger partial charge in [-0.25, -0.2) is 9.59 Å². The van der Waals surface area contributed by atoms with Crippen molar-refractivity contribution in [2.24, 2.45) is 5.92 Å². The van der Waals surface area contributed by atoms with Crippen molar-refractivity contribution < 1.29 is 28.8 Å². The summed E-state index contributed by atoms with van der Waals surface area (Å²) in [6, 6.07) is 12.7. The molecule has 0 aliphatic rings. The number of benzene rings is 2. The molecule has 2 atom stereocenters. The van der Waals surface area contributed by atoms with E-state index in [1.54, 1.807) is 26.0 Å². The summed E-state index contributed by atoms with van der Waals surface area (Å²) in [4.78, 5) is 47.6. The van der Waals surface area contributed by atoms with E-state index in [9.17, 15) is 24.5 Å². The summed E-state index contributed by atoms with van der Waals surface area (Å²) in [6.45, 7) is 3.53. The number of non-ortho nitro benzene ring substituents is 1. The molecule has 176 valence electrons. The van der Waals surface area contributed by atoms with Crippen LogP contribution in [0.4, 0.5) is 10.5 Å². The molecule has 0 radical (unpaired) electrons. The number of nitro groups is 1. The van der Waals surface area contributed by atoms with E-state index in [4.69, 9.17) is 9.47 Å². The number of alkyl carbamates (subject to hydrolysis) is 1. The smallest absolute Gasteiger partial charge is 0.408 e. The highest BCUT2D eigenvalue weighted by molar-refractivity contribution is 5.90. The molecule has 2 aromatic carbocycles. The van der Waals surface area contributed by atoms with Crippen LogP contribution in [0, 0.1) is 16.0 Å². The molecule has 0 aliphatic carbocycles. The molecule has 2 aromatic rings. The third-order valence-corrected chi connectivity index (χ3v) is 4.82. The molecule has 2 rings (SSSR count). The zero-order valence-electron chi connectivity index (χ0n) is 18.6. The van der Waals surface area contributed by atoms with Gasteiger partial charge in [-0.3, -0.25) is 14.9 Å². The molecule has 0 fully saturated rings. The van der Waals surface area contributed by atoms with Gasteiger partial charge in [0.15, 0.2) is 0 Å². The zero-order chi connectivity index (χ0) is 24.4. The first-order valence-corrected chi connectivity index (χ1v) is 10.3. The number of ether oxygens (including phenoxy) is 2. The van der Waals surface area contributed by atoms with Crippen molar-refractivity contribution in [1.29, 1.82) is 0 Å². The number of esters is 1. The summed E-state index contributed by atoms with van der Waals surface area (Å²) in [5, 5.41) is 15.9. The fourth-order valence-electron chi connectivity index (χ4n) is 3.01. The molecule has 0 aromatic heterocycles. The largest absolute Gasteiger partial charge is 0.467 e. The molecule has 0 heterocycles. The predicted molar refractivity (Wildman–Crippen MR) is 119 cm³/mol. The molecule has 10 heteroatoms. The molecule has 0 saturated carbocycles. The maximum atomic E-state index is 12.9. The van der Waals surface area contributed by atoms with Crippen LogP contribution in [0.1, 0.15) is 25.0 Å². The Kier molecular flexibility index (Phi) is 9.34. The van der Waals surface area contributed by atoms with Gasteiger partial charge in [0.25, 0.3) is 5.69 Å². The lowest BCUT2D eigenvalue weighted by Gasteiger charge is -2.24. The first-order chi connectivity index (χ1) is 15.7. The second-order valence-electron chi connectivity index (χ2n) is 7.64. The molecule has 0 bridgehead atoms. The number of nitro benzene ring substituents is 1. The van der Waals surface area contributed by atoms with Crippen LogP contribution in [-0.2, 0) is 32.1 Å². The minimum Gasteiger partial charge on any atom is -0.467 e. The van der Waals surface area contributed by atoms with Gasteiger partial charge in [-0.1, -0.05) is 56.3 Å². The van der Waals surface area contributed by atoms with E-state index in [2.05, 4.69) is 10.6 Å². The van der Waals surface area contributed by atoms with Crippen LogP contribution in [0.5, 0.6) is 0 Å². The van der Waals surface area contributed by atoms with Crippen molar-refractivity contribution in [1.82, 2.24) is 10.6 Å². The number of methoxy groups -OCH3 is 1. The van der Waals surface area contributed by atoms with E-state index in [1.165, 1.54) is 31.4 Å². The van der Waals surface area contributed by atoms with E-state index in [1.807, 2.05) is 18.2 Å². The van der Waals surface area contributed by atoms with Crippen molar-refractivity contribution >= 4 is 23.7 Å². The zero-order valence-corrected chi connectivity index (χ0v) is 18.6. The molecule has 0 spiro atoms. The van der Waals surface area contributed by atoms with E-state index in [0.29, 0.717) is 5.56 Å². The van der Waals surface area contributed by atoms with Crippen molar-refractivity contribution in [3.8, 4) is 0 Å². The summed E-state index contributed by atoms with van der Waals surface area (Å²) < 4.78 is 9.96. The van der Waals surface area contributed by atoms with Gasteiger partial charge in [-0.2, -0.15) is 0 Å². The quantitative estimate of drug-likeness (QED) is 0.318. The third kappa shape index (κ3) is 7.91. The van der Waals surface area contributed by atoms with E-state index < -0.39 is 35.0 Å². The van der Waals surface area contributed by atoms with Crippen LogP contribution in [0.3, 0.4) is 0 Å². The highest BCUT2D eigenvalue weighted by Gasteiger charge is 2.30. The monoisotopic (exact) mass is 457 g/mol. The maximum Gasteiger partial charge on any atom is 0.408 e. The molecule has 0 saturated heterocycles. The number of nitrogens with one attached hydrogen (secondary N) is 2. The lowest BCUT2D eigenvalue weighted by molar-refractivity contribution is -0.384. The van der Waals surface area contributed by atoms with Crippen LogP contribution in [0.25, 0.3) is 0 Å². The molecule has 0 aliphatic heterocycles. The molecule has 0 unspecified atom stereocenters. The van der Waals surface area contributed by atoms with Crippen LogP contribution < -0.4 is 10.6 Å². The fourth-order valence-corrected chi connectivity index (χ4v) is 3.01. The minimum atomic E-state index is -1.05. The SMILES string of the molecule is COC(=O)[C@@H](Cc1ccc([N+](=O)[O-])cc1)NC(=O)[C@@H](NC(=O)OCc1ccccc1)C(C)C. The number of carbonyl (C=O) groups excluding carboxylic acids is 3. The van der Waals surface area contributed by atoms with E-state index >= 15 is 0 Å². The van der Waals surface area contributed by atoms with Gasteiger partial charge < -0.3 is 20.1 Å². The molecular formula is C23H27N3O7. The van der Waals surface area contributed by atoms with Crippen molar-refractivity contribution in [2.45, 2.75) is 39.0 Å². The first-order valence-electron chi connectivity index (χ1n) is 10.3. The van der Waals surface area contributed by atoms with Crippen molar-refractivity contribution in [3.63, 3.8) is 0 Å². The van der Waals surface area contributed by atoms with Crippen molar-refractivity contribution in [3.05, 3.63) is 75.8 Å². The second-order valence-corrected chi connectivity index (χ2v) is 7.64. The number of rotatable bonds is 10. The average Bonchev–Trinajstić information content (AvgIpc) is 2.80. The van der Waals surface area contributed by atoms with Crippen LogP contribution in [0.15, 0.2) is 54.6 Å². The van der Waals surface area contributed by atoms with Crippen molar-refractivity contribution in [2.75, 3.05) is 7.11 Å². The Labute approximate surface area is 191 Å². The number of nitrogens with zero attached hydrogens (tertiary/aromatic N) is 1. The Morgan fingerprint density at radius 3 is 2.15 bits per heavy atom. The summed E-state index contributed by atoms with van der Waals surface area (Å²) in [6.07, 6.45) is -0.711. The molecule has 2 N–H and O–H groups in total. The van der Waals surface area contributed by atoms with Crippen LogP contribution in [0.2, 0.25) is 0 Å². The summed E-state index contributed by atoms with van der Waals surface area (Å²) >= 11 is 0. The topological polar surface area (TPSA) is 137 Å². The van der Waals surface area contributed by atoms with Gasteiger partial charge in [-0.15, -0.1) is 0 Å². The molecule has 10 nitrogen and oxygen atoms in total. The van der Waals surface area contributed by atoms with E-state index in [-0.39, 0.29) is 24.6 Å².